The largest absolute Gasteiger partial charge is 0.324 e. The molecule has 0 aliphatic carbocycles. The van der Waals surface area contributed by atoms with Crippen LogP contribution in [0.4, 0.5) is 4.39 Å². The minimum Gasteiger partial charge on any atom is -0.324 e. The van der Waals surface area contributed by atoms with Gasteiger partial charge in [-0.2, -0.15) is 0 Å². The highest BCUT2D eigenvalue weighted by Gasteiger charge is 2.08. The van der Waals surface area contributed by atoms with E-state index in [-0.39, 0.29) is 11.9 Å². The van der Waals surface area contributed by atoms with Crippen LogP contribution in [0.15, 0.2) is 48.5 Å². The van der Waals surface area contributed by atoms with Gasteiger partial charge in [0.1, 0.15) is 5.82 Å². The van der Waals surface area contributed by atoms with Gasteiger partial charge in [-0.05, 0) is 55.4 Å². The van der Waals surface area contributed by atoms with Crippen molar-refractivity contribution >= 4 is 11.6 Å². The summed E-state index contributed by atoms with van der Waals surface area (Å²) in [4.78, 5) is 2.18. The Morgan fingerprint density at radius 2 is 1.90 bits per heavy atom. The summed E-state index contributed by atoms with van der Waals surface area (Å²) in [6.45, 7) is 1.65. The van der Waals surface area contributed by atoms with E-state index in [0.29, 0.717) is 5.02 Å². The molecule has 0 aliphatic heterocycles. The molecule has 0 aromatic heterocycles. The SMILES string of the molecule is CN(CCC(N)c1cccc(Cl)c1)Cc1ccc(F)cc1. The third-order valence-electron chi connectivity index (χ3n) is 3.46. The fourth-order valence-corrected chi connectivity index (χ4v) is 2.44. The third-order valence-corrected chi connectivity index (χ3v) is 3.70. The maximum Gasteiger partial charge on any atom is 0.123 e. The number of hydrogen-bond donors (Lipinski definition) is 1. The Balaban J connectivity index is 1.83. The zero-order chi connectivity index (χ0) is 15.2. The second-order valence-electron chi connectivity index (χ2n) is 5.31. The summed E-state index contributed by atoms with van der Waals surface area (Å²) in [7, 11) is 2.04. The van der Waals surface area contributed by atoms with Gasteiger partial charge < -0.3 is 10.6 Å². The van der Waals surface area contributed by atoms with Crippen molar-refractivity contribution in [2.45, 2.75) is 19.0 Å². The van der Waals surface area contributed by atoms with Gasteiger partial charge in [0.15, 0.2) is 0 Å². The second kappa shape index (κ2) is 7.55. The van der Waals surface area contributed by atoms with Crippen molar-refractivity contribution in [1.29, 1.82) is 0 Å². The van der Waals surface area contributed by atoms with E-state index in [1.165, 1.54) is 12.1 Å². The first-order valence-electron chi connectivity index (χ1n) is 6.98. The van der Waals surface area contributed by atoms with E-state index in [1.54, 1.807) is 0 Å². The molecular formula is C17H20ClFN2. The topological polar surface area (TPSA) is 29.3 Å². The van der Waals surface area contributed by atoms with E-state index in [1.807, 2.05) is 43.4 Å². The predicted octanol–water partition coefficient (Wildman–Crippen LogP) is 4.00. The summed E-state index contributed by atoms with van der Waals surface area (Å²) in [6, 6.07) is 14.2. The summed E-state index contributed by atoms with van der Waals surface area (Å²) < 4.78 is 12.9. The van der Waals surface area contributed by atoms with E-state index < -0.39 is 0 Å². The zero-order valence-electron chi connectivity index (χ0n) is 12.1. The van der Waals surface area contributed by atoms with E-state index >= 15 is 0 Å². The van der Waals surface area contributed by atoms with E-state index in [0.717, 1.165) is 30.6 Å². The average molecular weight is 307 g/mol. The molecule has 2 aromatic rings. The van der Waals surface area contributed by atoms with Gasteiger partial charge in [0.2, 0.25) is 0 Å². The molecule has 2 rings (SSSR count). The smallest absolute Gasteiger partial charge is 0.123 e. The van der Waals surface area contributed by atoms with Gasteiger partial charge in [-0.15, -0.1) is 0 Å². The maximum atomic E-state index is 12.9. The lowest BCUT2D eigenvalue weighted by Gasteiger charge is -2.20. The van der Waals surface area contributed by atoms with E-state index in [2.05, 4.69) is 4.90 Å². The molecule has 0 saturated heterocycles. The van der Waals surface area contributed by atoms with Crippen LogP contribution in [0.5, 0.6) is 0 Å². The first-order chi connectivity index (χ1) is 10.0. The van der Waals surface area contributed by atoms with Gasteiger partial charge in [0.25, 0.3) is 0 Å². The molecule has 0 heterocycles. The van der Waals surface area contributed by atoms with Crippen molar-refractivity contribution < 1.29 is 4.39 Å². The molecule has 112 valence electrons. The van der Waals surface area contributed by atoms with Crippen LogP contribution >= 0.6 is 11.6 Å². The van der Waals surface area contributed by atoms with Crippen LogP contribution in [0, 0.1) is 5.82 Å². The average Bonchev–Trinajstić information content (AvgIpc) is 2.47. The summed E-state index contributed by atoms with van der Waals surface area (Å²) in [5, 5.41) is 0.711. The molecule has 0 saturated carbocycles. The fourth-order valence-electron chi connectivity index (χ4n) is 2.24. The van der Waals surface area contributed by atoms with Crippen LogP contribution in [0.2, 0.25) is 5.02 Å². The highest BCUT2D eigenvalue weighted by Crippen LogP contribution is 2.19. The Bertz CT molecular complexity index is 571. The van der Waals surface area contributed by atoms with Gasteiger partial charge in [0.05, 0.1) is 0 Å². The molecule has 2 nitrogen and oxygen atoms in total. The van der Waals surface area contributed by atoms with Crippen LogP contribution in [-0.4, -0.2) is 18.5 Å². The first kappa shape index (κ1) is 16.0. The minimum absolute atomic E-state index is 0.0284. The Hall–Kier alpha value is -1.42. The molecule has 0 spiro atoms. The number of halogens is 2. The minimum atomic E-state index is -0.204. The highest BCUT2D eigenvalue weighted by atomic mass is 35.5. The van der Waals surface area contributed by atoms with E-state index in [4.69, 9.17) is 17.3 Å². The molecule has 0 bridgehead atoms. The van der Waals surface area contributed by atoms with Crippen molar-refractivity contribution in [3.05, 3.63) is 70.5 Å². The van der Waals surface area contributed by atoms with E-state index in [9.17, 15) is 4.39 Å². The number of hydrogen-bond acceptors (Lipinski definition) is 2. The van der Waals surface area contributed by atoms with Crippen molar-refractivity contribution in [1.82, 2.24) is 4.90 Å². The Kier molecular flexibility index (Phi) is 5.74. The molecule has 2 aromatic carbocycles. The monoisotopic (exact) mass is 306 g/mol. The first-order valence-corrected chi connectivity index (χ1v) is 7.36. The van der Waals surface area contributed by atoms with Gasteiger partial charge in [-0.25, -0.2) is 4.39 Å². The van der Waals surface area contributed by atoms with Crippen LogP contribution in [0.25, 0.3) is 0 Å². The molecule has 0 amide bonds. The molecule has 0 fully saturated rings. The third kappa shape index (κ3) is 5.12. The number of nitrogens with two attached hydrogens (primary N) is 1. The molecule has 0 aliphatic rings. The van der Waals surface area contributed by atoms with Gasteiger partial charge in [0, 0.05) is 17.6 Å². The number of nitrogens with zero attached hydrogens (tertiary/aromatic N) is 1. The fraction of sp³-hybridized carbons (Fsp3) is 0.294. The number of benzene rings is 2. The lowest BCUT2D eigenvalue weighted by Crippen LogP contribution is -2.23. The van der Waals surface area contributed by atoms with Crippen LogP contribution in [0.1, 0.15) is 23.6 Å². The quantitative estimate of drug-likeness (QED) is 0.874. The lowest BCUT2D eigenvalue weighted by atomic mass is 10.0. The Morgan fingerprint density at radius 1 is 1.19 bits per heavy atom. The maximum absolute atomic E-state index is 12.9. The molecule has 4 heteroatoms. The summed E-state index contributed by atoms with van der Waals surface area (Å²) in [6.07, 6.45) is 0.845. The standard InChI is InChI=1S/C17H20ClFN2/c1-21(12-13-5-7-16(19)8-6-13)10-9-17(20)14-3-2-4-15(18)11-14/h2-8,11,17H,9-10,12,20H2,1H3. The lowest BCUT2D eigenvalue weighted by molar-refractivity contribution is 0.311. The predicted molar refractivity (Wildman–Crippen MR) is 85.7 cm³/mol. The Morgan fingerprint density at radius 3 is 2.57 bits per heavy atom. The van der Waals surface area contributed by atoms with Crippen LogP contribution in [-0.2, 0) is 6.54 Å². The molecule has 1 atom stereocenters. The molecule has 0 radical (unpaired) electrons. The van der Waals surface area contributed by atoms with Gasteiger partial charge in [-0.3, -0.25) is 0 Å². The second-order valence-corrected chi connectivity index (χ2v) is 5.75. The molecular weight excluding hydrogens is 287 g/mol. The number of rotatable bonds is 6. The summed E-state index contributed by atoms with van der Waals surface area (Å²) in [5.74, 6) is -0.204. The van der Waals surface area contributed by atoms with Gasteiger partial charge >= 0.3 is 0 Å². The highest BCUT2D eigenvalue weighted by molar-refractivity contribution is 6.30. The van der Waals surface area contributed by atoms with Gasteiger partial charge in [-0.1, -0.05) is 35.9 Å². The molecule has 21 heavy (non-hydrogen) atoms. The molecule has 1 unspecified atom stereocenters. The Labute approximate surface area is 130 Å². The van der Waals surface area contributed by atoms with Crippen molar-refractivity contribution in [3.8, 4) is 0 Å². The van der Waals surface area contributed by atoms with Crippen molar-refractivity contribution in [2.24, 2.45) is 5.73 Å². The zero-order valence-corrected chi connectivity index (χ0v) is 12.9. The summed E-state index contributed by atoms with van der Waals surface area (Å²) >= 11 is 5.98. The van der Waals surface area contributed by atoms with Crippen LogP contribution in [0.3, 0.4) is 0 Å². The van der Waals surface area contributed by atoms with Crippen LogP contribution < -0.4 is 5.73 Å². The van der Waals surface area contributed by atoms with Crippen molar-refractivity contribution in [2.75, 3.05) is 13.6 Å². The normalized spacial score (nSPS) is 12.6. The summed E-state index contributed by atoms with van der Waals surface area (Å²) in [5.41, 5.74) is 8.34. The molecule has 2 N–H and O–H groups in total. The van der Waals surface area contributed by atoms with Crippen molar-refractivity contribution in [3.63, 3.8) is 0 Å².